The minimum atomic E-state index is -2.77. The van der Waals surface area contributed by atoms with E-state index in [1.165, 1.54) is 16.3 Å². The molecule has 0 fully saturated rings. The first-order valence-corrected chi connectivity index (χ1v) is 7.22. The number of halogens is 2. The van der Waals surface area contributed by atoms with Crippen LogP contribution in [0.4, 0.5) is 8.78 Å². The van der Waals surface area contributed by atoms with Crippen LogP contribution in [-0.4, -0.2) is 6.61 Å². The maximum absolute atomic E-state index is 12.1. The third-order valence-electron chi connectivity index (χ3n) is 3.66. The van der Waals surface area contributed by atoms with Gasteiger partial charge in [0, 0.05) is 0 Å². The molecule has 0 aliphatic heterocycles. The fourth-order valence-corrected chi connectivity index (χ4v) is 2.52. The summed E-state index contributed by atoms with van der Waals surface area (Å²) in [6.07, 6.45) is 1.78. The van der Waals surface area contributed by atoms with Crippen molar-refractivity contribution in [1.29, 1.82) is 0 Å². The standard InChI is InChI=1S/C19H16F2O/c20-19(21)22-18-11-8-14(9-12-18)5-6-15-7-10-16-3-1-2-4-17(16)13-15/h1-4,7-13,19H,5-6H2. The molecule has 0 saturated carbocycles. The summed E-state index contributed by atoms with van der Waals surface area (Å²) >= 11 is 0. The first kappa shape index (κ1) is 14.5. The number of benzene rings is 3. The highest BCUT2D eigenvalue weighted by Gasteiger charge is 2.04. The summed E-state index contributed by atoms with van der Waals surface area (Å²) in [5.74, 6) is 0.199. The lowest BCUT2D eigenvalue weighted by Crippen LogP contribution is -2.01. The van der Waals surface area contributed by atoms with Gasteiger partial charge in [-0.2, -0.15) is 8.78 Å². The maximum atomic E-state index is 12.1. The third-order valence-corrected chi connectivity index (χ3v) is 3.66. The SMILES string of the molecule is FC(F)Oc1ccc(CCc2ccc3ccccc3c2)cc1. The van der Waals surface area contributed by atoms with Gasteiger partial charge < -0.3 is 4.74 Å². The molecule has 0 unspecified atom stereocenters. The fourth-order valence-electron chi connectivity index (χ4n) is 2.52. The molecule has 0 heterocycles. The van der Waals surface area contributed by atoms with E-state index in [2.05, 4.69) is 35.1 Å². The molecular formula is C19H16F2O. The Bertz CT molecular complexity index is 751. The Labute approximate surface area is 128 Å². The van der Waals surface area contributed by atoms with Crippen molar-refractivity contribution in [2.45, 2.75) is 19.5 Å². The molecule has 0 aromatic heterocycles. The summed E-state index contributed by atoms with van der Waals surface area (Å²) in [5, 5.41) is 2.47. The van der Waals surface area contributed by atoms with Gasteiger partial charge in [-0.25, -0.2) is 0 Å². The zero-order valence-electron chi connectivity index (χ0n) is 12.0. The summed E-state index contributed by atoms with van der Waals surface area (Å²) in [6, 6.07) is 21.6. The van der Waals surface area contributed by atoms with Gasteiger partial charge in [0.1, 0.15) is 5.75 Å². The largest absolute Gasteiger partial charge is 0.435 e. The predicted octanol–water partition coefficient (Wildman–Crippen LogP) is 5.23. The molecule has 0 saturated heterocycles. The number of fused-ring (bicyclic) bond motifs is 1. The molecule has 0 bridgehead atoms. The molecule has 22 heavy (non-hydrogen) atoms. The quantitative estimate of drug-likeness (QED) is 0.627. The molecule has 0 aliphatic rings. The Hall–Kier alpha value is -2.42. The van der Waals surface area contributed by atoms with Gasteiger partial charge in [-0.3, -0.25) is 0 Å². The molecule has 0 amide bonds. The zero-order chi connectivity index (χ0) is 15.4. The van der Waals surface area contributed by atoms with E-state index in [1.807, 2.05) is 24.3 Å². The number of ether oxygens (including phenoxy) is 1. The van der Waals surface area contributed by atoms with E-state index in [1.54, 1.807) is 12.1 Å². The Morgan fingerprint density at radius 2 is 1.36 bits per heavy atom. The lowest BCUT2D eigenvalue weighted by atomic mass is 10.0. The smallest absolute Gasteiger partial charge is 0.387 e. The minimum absolute atomic E-state index is 0.199. The Kier molecular flexibility index (Phi) is 4.33. The molecule has 1 nitrogen and oxygen atoms in total. The number of hydrogen-bond donors (Lipinski definition) is 0. The molecule has 0 radical (unpaired) electrons. The van der Waals surface area contributed by atoms with E-state index < -0.39 is 6.61 Å². The summed E-state index contributed by atoms with van der Waals surface area (Å²) in [5.41, 5.74) is 2.38. The van der Waals surface area contributed by atoms with Crippen molar-refractivity contribution in [2.75, 3.05) is 0 Å². The van der Waals surface area contributed by atoms with Crippen molar-refractivity contribution < 1.29 is 13.5 Å². The number of rotatable bonds is 5. The second-order valence-electron chi connectivity index (χ2n) is 5.20. The van der Waals surface area contributed by atoms with Crippen LogP contribution in [0.2, 0.25) is 0 Å². The van der Waals surface area contributed by atoms with Gasteiger partial charge in [0.05, 0.1) is 0 Å². The lowest BCUT2D eigenvalue weighted by Gasteiger charge is -2.07. The topological polar surface area (TPSA) is 9.23 Å². The van der Waals surface area contributed by atoms with Crippen LogP contribution in [0, 0.1) is 0 Å². The van der Waals surface area contributed by atoms with Crippen molar-refractivity contribution in [3.05, 3.63) is 77.9 Å². The molecule has 0 aliphatic carbocycles. The van der Waals surface area contributed by atoms with E-state index in [0.29, 0.717) is 0 Å². The molecule has 0 atom stereocenters. The fraction of sp³-hybridized carbons (Fsp3) is 0.158. The molecule has 0 spiro atoms. The molecular weight excluding hydrogens is 282 g/mol. The average Bonchev–Trinajstić information content (AvgIpc) is 2.53. The molecule has 3 heteroatoms. The monoisotopic (exact) mass is 298 g/mol. The summed E-state index contributed by atoms with van der Waals surface area (Å²) < 4.78 is 28.5. The first-order chi connectivity index (χ1) is 10.7. The van der Waals surface area contributed by atoms with Crippen LogP contribution >= 0.6 is 0 Å². The highest BCUT2D eigenvalue weighted by molar-refractivity contribution is 5.82. The van der Waals surface area contributed by atoms with Crippen molar-refractivity contribution >= 4 is 10.8 Å². The molecule has 0 N–H and O–H groups in total. The van der Waals surface area contributed by atoms with Crippen LogP contribution < -0.4 is 4.74 Å². The second kappa shape index (κ2) is 6.56. The van der Waals surface area contributed by atoms with Crippen molar-refractivity contribution in [3.8, 4) is 5.75 Å². The molecule has 3 aromatic rings. The van der Waals surface area contributed by atoms with Gasteiger partial charge >= 0.3 is 6.61 Å². The van der Waals surface area contributed by atoms with Crippen LogP contribution in [0.1, 0.15) is 11.1 Å². The Morgan fingerprint density at radius 1 is 0.727 bits per heavy atom. The lowest BCUT2D eigenvalue weighted by molar-refractivity contribution is -0.0498. The Balaban J connectivity index is 1.65. The average molecular weight is 298 g/mol. The van der Waals surface area contributed by atoms with Gasteiger partial charge in [-0.15, -0.1) is 0 Å². The van der Waals surface area contributed by atoms with Gasteiger partial charge in [0.2, 0.25) is 0 Å². The predicted molar refractivity (Wildman–Crippen MR) is 84.4 cm³/mol. The van der Waals surface area contributed by atoms with Gasteiger partial charge in [-0.05, 0) is 46.9 Å². The van der Waals surface area contributed by atoms with Crippen molar-refractivity contribution in [3.63, 3.8) is 0 Å². The molecule has 3 aromatic carbocycles. The highest BCUT2D eigenvalue weighted by atomic mass is 19.3. The second-order valence-corrected chi connectivity index (χ2v) is 5.20. The van der Waals surface area contributed by atoms with Crippen LogP contribution in [0.5, 0.6) is 5.75 Å². The van der Waals surface area contributed by atoms with E-state index >= 15 is 0 Å². The highest BCUT2D eigenvalue weighted by Crippen LogP contribution is 2.19. The van der Waals surface area contributed by atoms with Crippen molar-refractivity contribution in [1.82, 2.24) is 0 Å². The van der Waals surface area contributed by atoms with Crippen LogP contribution in [-0.2, 0) is 12.8 Å². The number of alkyl halides is 2. The normalized spacial score (nSPS) is 11.0. The zero-order valence-corrected chi connectivity index (χ0v) is 12.0. The summed E-state index contributed by atoms with van der Waals surface area (Å²) in [6.45, 7) is -2.77. The van der Waals surface area contributed by atoms with Gasteiger partial charge in [0.25, 0.3) is 0 Å². The van der Waals surface area contributed by atoms with Gasteiger partial charge in [0.15, 0.2) is 0 Å². The van der Waals surface area contributed by atoms with Crippen LogP contribution in [0.3, 0.4) is 0 Å². The number of hydrogen-bond acceptors (Lipinski definition) is 1. The van der Waals surface area contributed by atoms with Crippen LogP contribution in [0.15, 0.2) is 66.7 Å². The van der Waals surface area contributed by atoms with Crippen molar-refractivity contribution in [2.24, 2.45) is 0 Å². The third kappa shape index (κ3) is 3.61. The Morgan fingerprint density at radius 3 is 2.09 bits per heavy atom. The van der Waals surface area contributed by atoms with E-state index in [4.69, 9.17) is 0 Å². The molecule has 112 valence electrons. The first-order valence-electron chi connectivity index (χ1n) is 7.22. The van der Waals surface area contributed by atoms with E-state index in [-0.39, 0.29) is 5.75 Å². The maximum Gasteiger partial charge on any atom is 0.387 e. The van der Waals surface area contributed by atoms with E-state index in [9.17, 15) is 8.78 Å². The van der Waals surface area contributed by atoms with Gasteiger partial charge in [-0.1, -0.05) is 54.6 Å². The number of aryl methyl sites for hydroxylation is 2. The summed E-state index contributed by atoms with van der Waals surface area (Å²) in [4.78, 5) is 0. The molecule has 3 rings (SSSR count). The summed E-state index contributed by atoms with van der Waals surface area (Å²) in [7, 11) is 0. The van der Waals surface area contributed by atoms with E-state index in [0.717, 1.165) is 18.4 Å². The van der Waals surface area contributed by atoms with Crippen LogP contribution in [0.25, 0.3) is 10.8 Å². The minimum Gasteiger partial charge on any atom is -0.435 e.